The molecule has 0 aromatic heterocycles. The van der Waals surface area contributed by atoms with Gasteiger partial charge in [0, 0.05) is 12.2 Å². The highest BCUT2D eigenvalue weighted by molar-refractivity contribution is 7.80. The number of nitrogens with one attached hydrogen (secondary N) is 2. The number of esters is 1. The summed E-state index contributed by atoms with van der Waals surface area (Å²) in [6.45, 7) is 2.42. The molecule has 1 aromatic carbocycles. The Morgan fingerprint density at radius 2 is 2.14 bits per heavy atom. The lowest BCUT2D eigenvalue weighted by atomic mass is 10.2. The average Bonchev–Trinajstić information content (AvgIpc) is 2.54. The van der Waals surface area contributed by atoms with E-state index in [1.165, 1.54) is 7.11 Å². The van der Waals surface area contributed by atoms with E-state index in [4.69, 9.17) is 21.7 Å². The number of methoxy groups -OCH3 is 1. The van der Waals surface area contributed by atoms with Gasteiger partial charge in [-0.3, -0.25) is 0 Å². The molecule has 1 heterocycles. The molecule has 0 amide bonds. The number of carbonyl (C=O) groups excluding carboxylic acids is 1. The number of carbonyl (C=O) groups is 1. The van der Waals surface area contributed by atoms with Gasteiger partial charge in [-0.05, 0) is 36.5 Å². The first-order valence-corrected chi connectivity index (χ1v) is 7.02. The van der Waals surface area contributed by atoms with Crippen LogP contribution in [0.1, 0.15) is 10.4 Å². The molecule has 1 aliphatic rings. The molecule has 7 heteroatoms. The molecule has 2 rings (SSSR count). The number of benzene rings is 1. The second kappa shape index (κ2) is 7.92. The van der Waals surface area contributed by atoms with Crippen LogP contribution in [0.5, 0.6) is 0 Å². The molecule has 2 N–H and O–H groups in total. The molecule has 0 bridgehead atoms. The number of rotatable bonds is 4. The summed E-state index contributed by atoms with van der Waals surface area (Å²) in [6, 6.07) is 6.88. The molecular formula is C14H18N2O4S. The van der Waals surface area contributed by atoms with Crippen molar-refractivity contribution in [2.45, 2.75) is 6.10 Å². The SMILES string of the molecule is COC(=O)c1ccc(NC(=S)NC[C@@H]2COCCO2)cc1. The molecule has 114 valence electrons. The van der Waals surface area contributed by atoms with Crippen molar-refractivity contribution >= 4 is 29.0 Å². The van der Waals surface area contributed by atoms with Crippen LogP contribution in [0.4, 0.5) is 5.69 Å². The van der Waals surface area contributed by atoms with Gasteiger partial charge < -0.3 is 24.8 Å². The van der Waals surface area contributed by atoms with Gasteiger partial charge in [0.15, 0.2) is 5.11 Å². The van der Waals surface area contributed by atoms with Crippen molar-refractivity contribution in [2.24, 2.45) is 0 Å². The Labute approximate surface area is 128 Å². The van der Waals surface area contributed by atoms with Gasteiger partial charge in [0.1, 0.15) is 0 Å². The lowest BCUT2D eigenvalue weighted by molar-refractivity contribution is -0.0849. The molecule has 0 radical (unpaired) electrons. The van der Waals surface area contributed by atoms with E-state index in [1.54, 1.807) is 24.3 Å². The molecule has 0 saturated carbocycles. The number of hydrogen-bond donors (Lipinski definition) is 2. The molecule has 1 atom stereocenters. The molecule has 21 heavy (non-hydrogen) atoms. The lowest BCUT2D eigenvalue weighted by Crippen LogP contribution is -2.41. The summed E-state index contributed by atoms with van der Waals surface area (Å²) >= 11 is 5.20. The first-order chi connectivity index (χ1) is 10.2. The minimum atomic E-state index is -0.364. The van der Waals surface area contributed by atoms with Gasteiger partial charge in [-0.15, -0.1) is 0 Å². The molecular weight excluding hydrogens is 292 g/mol. The molecule has 0 spiro atoms. The predicted octanol–water partition coefficient (Wildman–Crippen LogP) is 1.17. The molecule has 1 saturated heterocycles. The third kappa shape index (κ3) is 4.96. The minimum absolute atomic E-state index is 0.0141. The van der Waals surface area contributed by atoms with Crippen LogP contribution in [0.25, 0.3) is 0 Å². The average molecular weight is 310 g/mol. The Hall–Kier alpha value is -1.70. The van der Waals surface area contributed by atoms with Gasteiger partial charge in [-0.1, -0.05) is 0 Å². The normalized spacial score (nSPS) is 17.9. The smallest absolute Gasteiger partial charge is 0.337 e. The van der Waals surface area contributed by atoms with Crippen molar-refractivity contribution in [2.75, 3.05) is 38.8 Å². The van der Waals surface area contributed by atoms with E-state index in [0.717, 1.165) is 5.69 Å². The van der Waals surface area contributed by atoms with Crippen LogP contribution < -0.4 is 10.6 Å². The monoisotopic (exact) mass is 310 g/mol. The summed E-state index contributed by atoms with van der Waals surface area (Å²) in [7, 11) is 1.35. The van der Waals surface area contributed by atoms with Crippen molar-refractivity contribution in [3.8, 4) is 0 Å². The molecule has 1 aromatic rings. The minimum Gasteiger partial charge on any atom is -0.465 e. The maximum atomic E-state index is 11.3. The molecule has 0 aliphatic carbocycles. The van der Waals surface area contributed by atoms with E-state index in [0.29, 0.717) is 37.0 Å². The number of ether oxygens (including phenoxy) is 3. The van der Waals surface area contributed by atoms with Crippen molar-refractivity contribution in [1.29, 1.82) is 0 Å². The van der Waals surface area contributed by atoms with Crippen LogP contribution in [0.3, 0.4) is 0 Å². The predicted molar refractivity (Wildman–Crippen MR) is 82.6 cm³/mol. The number of hydrogen-bond acceptors (Lipinski definition) is 5. The highest BCUT2D eigenvalue weighted by Crippen LogP contribution is 2.10. The van der Waals surface area contributed by atoms with Crippen LogP contribution in [-0.4, -0.2) is 50.7 Å². The van der Waals surface area contributed by atoms with Crippen LogP contribution in [0.15, 0.2) is 24.3 Å². The van der Waals surface area contributed by atoms with E-state index < -0.39 is 0 Å². The highest BCUT2D eigenvalue weighted by atomic mass is 32.1. The third-order valence-electron chi connectivity index (χ3n) is 2.94. The van der Waals surface area contributed by atoms with Crippen molar-refractivity contribution in [1.82, 2.24) is 5.32 Å². The maximum Gasteiger partial charge on any atom is 0.337 e. The van der Waals surface area contributed by atoms with Gasteiger partial charge in [0.2, 0.25) is 0 Å². The largest absolute Gasteiger partial charge is 0.465 e. The molecule has 1 fully saturated rings. The zero-order valence-electron chi connectivity index (χ0n) is 11.8. The molecule has 0 unspecified atom stereocenters. The van der Waals surface area contributed by atoms with E-state index in [-0.39, 0.29) is 12.1 Å². The van der Waals surface area contributed by atoms with Crippen molar-refractivity contribution < 1.29 is 19.0 Å². The van der Waals surface area contributed by atoms with Crippen molar-refractivity contribution in [3.05, 3.63) is 29.8 Å². The zero-order valence-corrected chi connectivity index (χ0v) is 12.6. The summed E-state index contributed by atoms with van der Waals surface area (Å²) in [5, 5.41) is 6.61. The van der Waals surface area contributed by atoms with Crippen LogP contribution in [-0.2, 0) is 14.2 Å². The maximum absolute atomic E-state index is 11.3. The Morgan fingerprint density at radius 1 is 1.38 bits per heavy atom. The van der Waals surface area contributed by atoms with Gasteiger partial charge >= 0.3 is 5.97 Å². The van der Waals surface area contributed by atoms with Crippen LogP contribution >= 0.6 is 12.2 Å². The first kappa shape index (κ1) is 15.7. The number of thiocarbonyl (C=S) groups is 1. The van der Waals surface area contributed by atoms with E-state index in [2.05, 4.69) is 15.4 Å². The van der Waals surface area contributed by atoms with Gasteiger partial charge in [-0.25, -0.2) is 4.79 Å². The fraction of sp³-hybridized carbons (Fsp3) is 0.429. The fourth-order valence-electron chi connectivity index (χ4n) is 1.84. The lowest BCUT2D eigenvalue weighted by Gasteiger charge is -2.23. The Bertz CT molecular complexity index is 486. The quantitative estimate of drug-likeness (QED) is 0.639. The summed E-state index contributed by atoms with van der Waals surface area (Å²) in [4.78, 5) is 11.3. The Morgan fingerprint density at radius 3 is 2.76 bits per heavy atom. The van der Waals surface area contributed by atoms with Gasteiger partial charge in [-0.2, -0.15) is 0 Å². The van der Waals surface area contributed by atoms with Crippen LogP contribution in [0, 0.1) is 0 Å². The third-order valence-corrected chi connectivity index (χ3v) is 3.19. The fourth-order valence-corrected chi connectivity index (χ4v) is 2.04. The van der Waals surface area contributed by atoms with Crippen molar-refractivity contribution in [3.63, 3.8) is 0 Å². The highest BCUT2D eigenvalue weighted by Gasteiger charge is 2.14. The summed E-state index contributed by atoms with van der Waals surface area (Å²) in [6.07, 6.45) is 0.0141. The topological polar surface area (TPSA) is 68.8 Å². The first-order valence-electron chi connectivity index (χ1n) is 6.61. The standard InChI is InChI=1S/C14H18N2O4S/c1-18-13(17)10-2-4-11(5-3-10)16-14(21)15-8-12-9-19-6-7-20-12/h2-5,12H,6-9H2,1H3,(H2,15,16,21)/t12-/m1/s1. The second-order valence-electron chi connectivity index (χ2n) is 4.47. The van der Waals surface area contributed by atoms with Gasteiger partial charge in [0.05, 0.1) is 38.6 Å². The summed E-state index contributed by atoms with van der Waals surface area (Å²) in [5.41, 5.74) is 1.29. The Balaban J connectivity index is 1.77. The second-order valence-corrected chi connectivity index (χ2v) is 4.88. The summed E-state index contributed by atoms with van der Waals surface area (Å²) < 4.78 is 15.5. The molecule has 6 nitrogen and oxygen atoms in total. The molecule has 1 aliphatic heterocycles. The number of anilines is 1. The van der Waals surface area contributed by atoms with E-state index >= 15 is 0 Å². The zero-order chi connectivity index (χ0) is 15.1. The Kier molecular flexibility index (Phi) is 5.91. The summed E-state index contributed by atoms with van der Waals surface area (Å²) in [5.74, 6) is -0.364. The van der Waals surface area contributed by atoms with E-state index in [9.17, 15) is 4.79 Å². The van der Waals surface area contributed by atoms with Gasteiger partial charge in [0.25, 0.3) is 0 Å². The van der Waals surface area contributed by atoms with Crippen LogP contribution in [0.2, 0.25) is 0 Å². The van der Waals surface area contributed by atoms with E-state index in [1.807, 2.05) is 0 Å².